The molecule has 0 aliphatic carbocycles. The van der Waals surface area contributed by atoms with Gasteiger partial charge >= 0.3 is 0 Å². The molecule has 0 aliphatic heterocycles. The quantitative estimate of drug-likeness (QED) is 0.532. The van der Waals surface area contributed by atoms with Crippen LogP contribution in [0, 0.1) is 0 Å². The van der Waals surface area contributed by atoms with E-state index in [0.717, 1.165) is 12.8 Å². The number of benzene rings is 1. The van der Waals surface area contributed by atoms with E-state index < -0.39 is 10.1 Å². The number of hydrogen-bond acceptors (Lipinski definition) is 3. The lowest BCUT2D eigenvalue weighted by molar-refractivity contribution is -0.921. The summed E-state index contributed by atoms with van der Waals surface area (Å²) in [6, 6.07) is 6.38. The van der Waals surface area contributed by atoms with Gasteiger partial charge in [0.25, 0.3) is 0 Å². The highest BCUT2D eigenvalue weighted by molar-refractivity contribution is 7.85. The third-order valence-corrected chi connectivity index (χ3v) is 5.66. The van der Waals surface area contributed by atoms with E-state index in [1.165, 1.54) is 36.7 Å². The van der Waals surface area contributed by atoms with Gasteiger partial charge < -0.3 is 9.04 Å². The Kier molecular flexibility index (Phi) is 10.4. The second-order valence-electron chi connectivity index (χ2n) is 5.77. The Labute approximate surface area is 142 Å². The maximum absolute atomic E-state index is 10.9. The molecule has 4 nitrogen and oxygen atoms in total. The van der Waals surface area contributed by atoms with Crippen molar-refractivity contribution in [3.05, 3.63) is 29.8 Å². The lowest BCUT2D eigenvalue weighted by Crippen LogP contribution is -2.47. The fraction of sp³-hybridized carbons (Fsp3) is 0.667. The van der Waals surface area contributed by atoms with E-state index in [2.05, 4.69) is 27.7 Å². The highest BCUT2D eigenvalue weighted by Crippen LogP contribution is 2.16. The van der Waals surface area contributed by atoms with E-state index >= 15 is 0 Å². The fourth-order valence-corrected chi connectivity index (χ4v) is 3.40. The summed E-state index contributed by atoms with van der Waals surface area (Å²) in [6.07, 6.45) is 2.52. The molecule has 1 rings (SSSR count). The minimum atomic E-state index is -4.31. The molecular formula is C18H33NO3S. The largest absolute Gasteiger partial charge is 0.744 e. The summed E-state index contributed by atoms with van der Waals surface area (Å²) in [5.74, 6) is 0. The van der Waals surface area contributed by atoms with Gasteiger partial charge in [-0.05, 0) is 52.2 Å². The van der Waals surface area contributed by atoms with Gasteiger partial charge in [-0.1, -0.05) is 31.5 Å². The average Bonchev–Trinajstić information content (AvgIpc) is 2.56. The molecule has 0 N–H and O–H groups in total. The molecule has 0 atom stereocenters. The van der Waals surface area contributed by atoms with Crippen LogP contribution in [0.15, 0.2) is 29.2 Å². The maximum atomic E-state index is 10.9. The first-order valence-electron chi connectivity index (χ1n) is 8.69. The minimum Gasteiger partial charge on any atom is -0.744 e. The van der Waals surface area contributed by atoms with Crippen molar-refractivity contribution in [3.63, 3.8) is 0 Å². The Morgan fingerprint density at radius 1 is 0.913 bits per heavy atom. The van der Waals surface area contributed by atoms with Gasteiger partial charge in [0.1, 0.15) is 10.1 Å². The molecule has 134 valence electrons. The molecular weight excluding hydrogens is 310 g/mol. The van der Waals surface area contributed by atoms with Gasteiger partial charge in [-0.25, -0.2) is 8.42 Å². The van der Waals surface area contributed by atoms with Crippen molar-refractivity contribution in [1.29, 1.82) is 0 Å². The van der Waals surface area contributed by atoms with Crippen molar-refractivity contribution in [2.45, 2.75) is 58.8 Å². The summed E-state index contributed by atoms with van der Waals surface area (Å²) in [5.41, 5.74) is 0.629. The molecule has 0 radical (unpaired) electrons. The van der Waals surface area contributed by atoms with Crippen molar-refractivity contribution < 1.29 is 17.5 Å². The summed E-state index contributed by atoms with van der Waals surface area (Å²) in [6.45, 7) is 16.2. The van der Waals surface area contributed by atoms with Gasteiger partial charge in [-0.3, -0.25) is 0 Å². The number of aryl methyl sites for hydroxylation is 1. The van der Waals surface area contributed by atoms with E-state index in [0.29, 0.717) is 12.0 Å². The van der Waals surface area contributed by atoms with E-state index in [1.54, 1.807) is 18.2 Å². The summed E-state index contributed by atoms with van der Waals surface area (Å²) in [4.78, 5) is -0.0755. The topological polar surface area (TPSA) is 57.2 Å². The molecule has 0 saturated heterocycles. The Hall–Kier alpha value is -0.910. The number of hydrogen-bond donors (Lipinski definition) is 0. The molecule has 0 saturated carbocycles. The number of quaternary nitrogens is 1. The van der Waals surface area contributed by atoms with Crippen molar-refractivity contribution in [2.24, 2.45) is 0 Å². The highest BCUT2D eigenvalue weighted by atomic mass is 32.2. The summed E-state index contributed by atoms with van der Waals surface area (Å²) >= 11 is 0. The van der Waals surface area contributed by atoms with Crippen LogP contribution in [0.1, 0.15) is 53.0 Å². The van der Waals surface area contributed by atoms with Gasteiger partial charge in [-0.2, -0.15) is 0 Å². The van der Waals surface area contributed by atoms with Crippen molar-refractivity contribution in [3.8, 4) is 0 Å². The van der Waals surface area contributed by atoms with Crippen molar-refractivity contribution in [2.75, 3.05) is 26.2 Å². The minimum absolute atomic E-state index is 0.0755. The number of unbranched alkanes of at least 4 members (excludes halogenated alkanes) is 1. The second-order valence-corrected chi connectivity index (χ2v) is 7.12. The van der Waals surface area contributed by atoms with Crippen LogP contribution in [0.25, 0.3) is 0 Å². The molecule has 0 amide bonds. The first kappa shape index (κ1) is 22.1. The van der Waals surface area contributed by atoms with Crippen LogP contribution in [-0.2, 0) is 16.5 Å². The molecule has 0 aromatic heterocycles. The van der Waals surface area contributed by atoms with Crippen LogP contribution in [0.2, 0.25) is 0 Å². The Bertz CT molecular complexity index is 519. The monoisotopic (exact) mass is 343 g/mol. The number of rotatable bonds is 8. The SMILES string of the molecule is CCCCc1ccccc1S(=O)(=O)[O-].CC[N+](CC)(CC)CC. The van der Waals surface area contributed by atoms with E-state index in [1.807, 2.05) is 6.92 Å². The molecule has 0 heterocycles. The van der Waals surface area contributed by atoms with Gasteiger partial charge in [0.05, 0.1) is 31.1 Å². The molecule has 0 unspecified atom stereocenters. The van der Waals surface area contributed by atoms with Crippen LogP contribution in [0.5, 0.6) is 0 Å². The summed E-state index contributed by atoms with van der Waals surface area (Å²) in [5, 5.41) is 0. The number of nitrogens with zero attached hydrogens (tertiary/aromatic N) is 1. The van der Waals surface area contributed by atoms with Crippen LogP contribution in [-0.4, -0.2) is 43.6 Å². The summed E-state index contributed by atoms with van der Waals surface area (Å²) in [7, 11) is -4.31. The van der Waals surface area contributed by atoms with Crippen LogP contribution >= 0.6 is 0 Å². The summed E-state index contributed by atoms with van der Waals surface area (Å²) < 4.78 is 33.9. The molecule has 0 spiro atoms. The standard InChI is InChI=1S/C10H14O3S.C8H20N/c1-2-3-6-9-7-4-5-8-10(9)14(11,12)13;1-5-9(6-2,7-3)8-4/h4-5,7-8H,2-3,6H2,1H3,(H,11,12,13);5-8H2,1-4H3/q;+1/p-1. The van der Waals surface area contributed by atoms with Crippen LogP contribution in [0.3, 0.4) is 0 Å². The lowest BCUT2D eigenvalue weighted by Gasteiger charge is -2.34. The van der Waals surface area contributed by atoms with Gasteiger partial charge in [0.15, 0.2) is 0 Å². The second kappa shape index (κ2) is 10.8. The Balaban J connectivity index is 0.000000468. The van der Waals surface area contributed by atoms with Gasteiger partial charge in [0, 0.05) is 0 Å². The zero-order valence-electron chi connectivity index (χ0n) is 15.3. The van der Waals surface area contributed by atoms with Crippen molar-refractivity contribution in [1.82, 2.24) is 0 Å². The van der Waals surface area contributed by atoms with Gasteiger partial charge in [-0.15, -0.1) is 0 Å². The smallest absolute Gasteiger partial charge is 0.124 e. The van der Waals surface area contributed by atoms with Gasteiger partial charge in [0.2, 0.25) is 0 Å². The zero-order chi connectivity index (χ0) is 17.9. The predicted octanol–water partition coefficient (Wildman–Crippen LogP) is 3.82. The fourth-order valence-electron chi connectivity index (χ4n) is 2.66. The van der Waals surface area contributed by atoms with E-state index in [-0.39, 0.29) is 4.90 Å². The van der Waals surface area contributed by atoms with E-state index in [4.69, 9.17) is 0 Å². The lowest BCUT2D eigenvalue weighted by atomic mass is 10.1. The molecule has 1 aromatic carbocycles. The normalized spacial score (nSPS) is 11.7. The predicted molar refractivity (Wildman–Crippen MR) is 95.4 cm³/mol. The molecule has 0 fully saturated rings. The zero-order valence-corrected chi connectivity index (χ0v) is 16.2. The highest BCUT2D eigenvalue weighted by Gasteiger charge is 2.16. The third kappa shape index (κ3) is 7.46. The Morgan fingerprint density at radius 3 is 1.74 bits per heavy atom. The maximum Gasteiger partial charge on any atom is 0.124 e. The van der Waals surface area contributed by atoms with Crippen LogP contribution in [0.4, 0.5) is 0 Å². The first-order valence-corrected chi connectivity index (χ1v) is 10.1. The molecule has 5 heteroatoms. The molecule has 0 aliphatic rings. The molecule has 0 bridgehead atoms. The van der Waals surface area contributed by atoms with Crippen LogP contribution < -0.4 is 0 Å². The third-order valence-electron chi connectivity index (χ3n) is 4.72. The Morgan fingerprint density at radius 2 is 1.39 bits per heavy atom. The molecule has 23 heavy (non-hydrogen) atoms. The molecule has 1 aromatic rings. The first-order chi connectivity index (χ1) is 10.8. The average molecular weight is 344 g/mol. The van der Waals surface area contributed by atoms with E-state index in [9.17, 15) is 13.0 Å². The van der Waals surface area contributed by atoms with Crippen molar-refractivity contribution >= 4 is 10.1 Å².